The van der Waals surface area contributed by atoms with Crippen LogP contribution in [0, 0.1) is 28.8 Å². The van der Waals surface area contributed by atoms with Crippen LogP contribution in [-0.4, -0.2) is 6.61 Å². The van der Waals surface area contributed by atoms with Gasteiger partial charge in [-0.25, -0.2) is 13.2 Å². The summed E-state index contributed by atoms with van der Waals surface area (Å²) in [4.78, 5) is 0. The molecular formula is C22H14F5NO2. The Hall–Kier alpha value is -3.60. The van der Waals surface area contributed by atoms with E-state index in [0.29, 0.717) is 24.0 Å². The lowest BCUT2D eigenvalue weighted by Crippen LogP contribution is -2.25. The molecule has 0 aliphatic carbocycles. The molecule has 0 bridgehead atoms. The molecule has 0 saturated carbocycles. The minimum absolute atomic E-state index is 0.0389. The minimum atomic E-state index is -4.42. The molecule has 0 amide bonds. The van der Waals surface area contributed by atoms with E-state index < -0.39 is 34.9 Å². The first-order valence-corrected chi connectivity index (χ1v) is 8.74. The van der Waals surface area contributed by atoms with Gasteiger partial charge in [0.25, 0.3) is 0 Å². The van der Waals surface area contributed by atoms with E-state index in [2.05, 4.69) is 4.74 Å². The van der Waals surface area contributed by atoms with E-state index in [1.165, 1.54) is 18.2 Å². The van der Waals surface area contributed by atoms with Crippen molar-refractivity contribution in [3.05, 3.63) is 83.2 Å². The lowest BCUT2D eigenvalue weighted by atomic mass is 10.0. The van der Waals surface area contributed by atoms with E-state index in [0.717, 1.165) is 24.3 Å². The molecule has 3 aromatic rings. The zero-order valence-electron chi connectivity index (χ0n) is 15.6. The van der Waals surface area contributed by atoms with Crippen molar-refractivity contribution in [2.75, 3.05) is 6.61 Å². The second kappa shape index (κ2) is 8.41. The van der Waals surface area contributed by atoms with Gasteiger partial charge in [-0.05, 0) is 54.4 Å². The van der Waals surface area contributed by atoms with Crippen molar-refractivity contribution in [2.45, 2.75) is 13.0 Å². The van der Waals surface area contributed by atoms with Gasteiger partial charge in [-0.2, -0.15) is 14.0 Å². The predicted octanol–water partition coefficient (Wildman–Crippen LogP) is 6.17. The van der Waals surface area contributed by atoms with Gasteiger partial charge in [0.15, 0.2) is 0 Å². The van der Waals surface area contributed by atoms with Gasteiger partial charge in [-0.15, -0.1) is 0 Å². The summed E-state index contributed by atoms with van der Waals surface area (Å²) in [6.45, 7) is 2.24. The number of hydrogen-bond acceptors (Lipinski definition) is 3. The highest BCUT2D eigenvalue weighted by atomic mass is 19.3. The maximum atomic E-state index is 14.5. The molecular weight excluding hydrogens is 405 g/mol. The quantitative estimate of drug-likeness (QED) is 0.449. The third-order valence-corrected chi connectivity index (χ3v) is 4.14. The van der Waals surface area contributed by atoms with E-state index in [1.807, 2.05) is 0 Å². The van der Waals surface area contributed by atoms with Crippen molar-refractivity contribution in [3.63, 3.8) is 0 Å². The molecule has 154 valence electrons. The van der Waals surface area contributed by atoms with Gasteiger partial charge in [-0.3, -0.25) is 0 Å². The van der Waals surface area contributed by atoms with Crippen LogP contribution in [0.5, 0.6) is 11.5 Å². The Labute approximate surface area is 168 Å². The van der Waals surface area contributed by atoms with Crippen LogP contribution in [0.15, 0.2) is 54.6 Å². The topological polar surface area (TPSA) is 42.2 Å². The Morgan fingerprint density at radius 1 is 0.833 bits per heavy atom. The monoisotopic (exact) mass is 419 g/mol. The van der Waals surface area contributed by atoms with Gasteiger partial charge in [-0.1, -0.05) is 12.1 Å². The first-order valence-electron chi connectivity index (χ1n) is 8.74. The highest BCUT2D eigenvalue weighted by Gasteiger charge is 2.41. The predicted molar refractivity (Wildman–Crippen MR) is 98.6 cm³/mol. The highest BCUT2D eigenvalue weighted by molar-refractivity contribution is 5.65. The molecule has 0 radical (unpaired) electrons. The maximum Gasteiger partial charge on any atom is 0.432 e. The molecule has 30 heavy (non-hydrogen) atoms. The minimum Gasteiger partial charge on any atom is -0.494 e. The van der Waals surface area contributed by atoms with Crippen molar-refractivity contribution in [1.82, 2.24) is 0 Å². The van der Waals surface area contributed by atoms with Gasteiger partial charge >= 0.3 is 6.11 Å². The maximum absolute atomic E-state index is 14.5. The van der Waals surface area contributed by atoms with Crippen LogP contribution in [0.3, 0.4) is 0 Å². The normalized spacial score (nSPS) is 11.1. The van der Waals surface area contributed by atoms with Crippen molar-refractivity contribution in [1.29, 1.82) is 5.26 Å². The summed E-state index contributed by atoms with van der Waals surface area (Å²) in [6.07, 6.45) is -4.42. The van der Waals surface area contributed by atoms with Crippen LogP contribution in [0.25, 0.3) is 11.1 Å². The number of nitriles is 1. The molecule has 8 heteroatoms. The molecule has 0 saturated heterocycles. The number of rotatable bonds is 6. The summed E-state index contributed by atoms with van der Waals surface area (Å²) in [5.41, 5.74) is -1.57. The standard InChI is InChI=1S/C22H14F5NO2/c1-2-29-16-6-3-13(4-7-16)15-9-19(24)21(20(25)10-15)22(26,27)30-17-8-5-14(12-28)18(23)11-17/h3-11H,2H2,1H3. The van der Waals surface area contributed by atoms with Gasteiger partial charge in [0, 0.05) is 6.07 Å². The molecule has 3 nitrogen and oxygen atoms in total. The summed E-state index contributed by atoms with van der Waals surface area (Å²) in [6, 6.07) is 11.6. The Kier molecular flexibility index (Phi) is 5.92. The van der Waals surface area contributed by atoms with E-state index in [-0.39, 0.29) is 11.1 Å². The largest absolute Gasteiger partial charge is 0.494 e. The van der Waals surface area contributed by atoms with E-state index >= 15 is 0 Å². The molecule has 0 heterocycles. The highest BCUT2D eigenvalue weighted by Crippen LogP contribution is 2.37. The van der Waals surface area contributed by atoms with Crippen LogP contribution in [0.4, 0.5) is 22.0 Å². The number of halogens is 5. The second-order valence-electron chi connectivity index (χ2n) is 6.14. The van der Waals surface area contributed by atoms with Crippen LogP contribution in [0.2, 0.25) is 0 Å². The van der Waals surface area contributed by atoms with Gasteiger partial charge < -0.3 is 9.47 Å². The van der Waals surface area contributed by atoms with Crippen LogP contribution in [-0.2, 0) is 6.11 Å². The van der Waals surface area contributed by atoms with E-state index in [4.69, 9.17) is 10.00 Å². The van der Waals surface area contributed by atoms with Crippen LogP contribution >= 0.6 is 0 Å². The number of nitrogens with zero attached hydrogens (tertiary/aromatic N) is 1. The fourth-order valence-electron chi connectivity index (χ4n) is 2.78. The Bertz CT molecular complexity index is 1080. The summed E-state index contributed by atoms with van der Waals surface area (Å²) < 4.78 is 81.0. The fourth-order valence-corrected chi connectivity index (χ4v) is 2.78. The number of benzene rings is 3. The van der Waals surface area contributed by atoms with Gasteiger partial charge in [0.1, 0.15) is 40.6 Å². The molecule has 0 atom stereocenters. The fraction of sp³-hybridized carbons (Fsp3) is 0.136. The smallest absolute Gasteiger partial charge is 0.432 e. The average molecular weight is 419 g/mol. The Morgan fingerprint density at radius 3 is 1.97 bits per heavy atom. The number of hydrogen-bond donors (Lipinski definition) is 0. The Morgan fingerprint density at radius 2 is 1.43 bits per heavy atom. The van der Waals surface area contributed by atoms with Crippen molar-refractivity contribution >= 4 is 0 Å². The SMILES string of the molecule is CCOc1ccc(-c2cc(F)c(C(F)(F)Oc3ccc(C#N)c(F)c3)c(F)c2)cc1. The first kappa shape index (κ1) is 21.1. The van der Waals surface area contributed by atoms with Crippen molar-refractivity contribution in [2.24, 2.45) is 0 Å². The summed E-state index contributed by atoms with van der Waals surface area (Å²) >= 11 is 0. The second-order valence-corrected chi connectivity index (χ2v) is 6.14. The molecule has 3 rings (SSSR count). The molecule has 0 spiro atoms. The molecule has 0 unspecified atom stereocenters. The van der Waals surface area contributed by atoms with Gasteiger partial charge in [0.2, 0.25) is 0 Å². The first-order chi connectivity index (χ1) is 14.2. The number of ether oxygens (including phenoxy) is 2. The lowest BCUT2D eigenvalue weighted by Gasteiger charge is -2.20. The van der Waals surface area contributed by atoms with E-state index in [1.54, 1.807) is 19.1 Å². The molecule has 0 aromatic heterocycles. The molecule has 0 N–H and O–H groups in total. The number of alkyl halides is 2. The molecule has 0 aliphatic rings. The average Bonchev–Trinajstić information content (AvgIpc) is 2.68. The Balaban J connectivity index is 1.92. The van der Waals surface area contributed by atoms with E-state index in [9.17, 15) is 22.0 Å². The van der Waals surface area contributed by atoms with Crippen LogP contribution in [0.1, 0.15) is 18.1 Å². The lowest BCUT2D eigenvalue weighted by molar-refractivity contribution is -0.189. The summed E-state index contributed by atoms with van der Waals surface area (Å²) in [7, 11) is 0. The third kappa shape index (κ3) is 4.35. The van der Waals surface area contributed by atoms with Crippen molar-refractivity contribution < 1.29 is 31.4 Å². The molecule has 0 aliphatic heterocycles. The molecule has 0 fully saturated rings. The zero-order chi connectivity index (χ0) is 21.9. The van der Waals surface area contributed by atoms with Crippen molar-refractivity contribution in [3.8, 4) is 28.7 Å². The van der Waals surface area contributed by atoms with Gasteiger partial charge in [0.05, 0.1) is 12.2 Å². The third-order valence-electron chi connectivity index (χ3n) is 4.14. The summed E-state index contributed by atoms with van der Waals surface area (Å²) in [5, 5.41) is 8.67. The summed E-state index contributed by atoms with van der Waals surface area (Å²) in [5.74, 6) is -4.30. The zero-order valence-corrected chi connectivity index (χ0v) is 15.6. The molecule has 3 aromatic carbocycles. The van der Waals surface area contributed by atoms with Crippen LogP contribution < -0.4 is 9.47 Å².